The van der Waals surface area contributed by atoms with Crippen molar-refractivity contribution in [3.05, 3.63) is 84.3 Å². The van der Waals surface area contributed by atoms with Gasteiger partial charge >= 0.3 is 0 Å². The monoisotopic (exact) mass is 336 g/mol. The van der Waals surface area contributed by atoms with Gasteiger partial charge in [-0.25, -0.2) is 4.98 Å². The Morgan fingerprint density at radius 3 is 2.00 bits per heavy atom. The molecule has 1 N–H and O–H groups in total. The molecule has 1 heterocycles. The summed E-state index contributed by atoms with van der Waals surface area (Å²) in [5, 5.41) is 3.90. The summed E-state index contributed by atoms with van der Waals surface area (Å²) in [5.74, 6) is 0.758. The summed E-state index contributed by atoms with van der Waals surface area (Å²) in [6.45, 7) is 1.49. The summed E-state index contributed by atoms with van der Waals surface area (Å²) in [6.07, 6.45) is 3.67. The molecule has 1 aromatic heterocycles. The molecule has 0 unspecified atom stereocenters. The van der Waals surface area contributed by atoms with Gasteiger partial charge in [0.1, 0.15) is 5.82 Å². The van der Waals surface area contributed by atoms with Crippen LogP contribution in [0.1, 0.15) is 11.1 Å². The second-order valence-electron chi connectivity index (χ2n) is 5.68. The van der Waals surface area contributed by atoms with Gasteiger partial charge in [0.05, 0.1) is 6.33 Å². The van der Waals surface area contributed by atoms with Crippen molar-refractivity contribution in [2.24, 2.45) is 7.05 Å². The van der Waals surface area contributed by atoms with Crippen LogP contribution < -0.4 is 5.32 Å². The number of hydrogen-bond donors (Lipinski definition) is 1. The summed E-state index contributed by atoms with van der Waals surface area (Å²) in [5.41, 5.74) is 2.44. The zero-order valence-corrected chi connectivity index (χ0v) is 14.4. The van der Waals surface area contributed by atoms with Crippen LogP contribution in [0.4, 0.5) is 5.82 Å². The first-order chi connectivity index (χ1) is 11.7. The zero-order chi connectivity index (χ0) is 16.8. The highest BCUT2D eigenvalue weighted by atomic mass is 32.1. The van der Waals surface area contributed by atoms with Crippen LogP contribution in [-0.2, 0) is 20.1 Å². The minimum absolute atomic E-state index is 0.668. The summed E-state index contributed by atoms with van der Waals surface area (Å²) >= 11 is 5.63. The highest BCUT2D eigenvalue weighted by molar-refractivity contribution is 7.80. The molecule has 3 aromatic rings. The minimum Gasteiger partial charge on any atom is -0.340 e. The van der Waals surface area contributed by atoms with Crippen LogP contribution in [-0.4, -0.2) is 19.6 Å². The molecule has 0 aliphatic heterocycles. The summed E-state index contributed by atoms with van der Waals surface area (Å²) < 4.78 is 1.89. The maximum atomic E-state index is 5.63. The third-order valence-electron chi connectivity index (χ3n) is 3.66. The fourth-order valence-electron chi connectivity index (χ4n) is 2.47. The van der Waals surface area contributed by atoms with Crippen molar-refractivity contribution < 1.29 is 0 Å². The SMILES string of the molecule is Cn1cnc(NC(=S)N(Cc2ccccc2)Cc2ccccc2)c1. The Hall–Kier alpha value is -2.66. The fourth-order valence-corrected chi connectivity index (χ4v) is 2.71. The molecule has 0 fully saturated rings. The average Bonchev–Trinajstić information content (AvgIpc) is 3.01. The van der Waals surface area contributed by atoms with E-state index in [1.807, 2.05) is 54.2 Å². The van der Waals surface area contributed by atoms with E-state index in [0.29, 0.717) is 5.11 Å². The predicted octanol–water partition coefficient (Wildman–Crippen LogP) is 3.82. The van der Waals surface area contributed by atoms with Gasteiger partial charge in [-0.2, -0.15) is 0 Å². The third-order valence-corrected chi connectivity index (χ3v) is 4.02. The molecule has 0 saturated heterocycles. The Labute approximate surface area is 147 Å². The number of aromatic nitrogens is 2. The van der Waals surface area contributed by atoms with Gasteiger partial charge in [0.2, 0.25) is 0 Å². The van der Waals surface area contributed by atoms with E-state index < -0.39 is 0 Å². The van der Waals surface area contributed by atoms with Gasteiger partial charge in [-0.1, -0.05) is 60.7 Å². The van der Waals surface area contributed by atoms with Gasteiger partial charge in [-0.05, 0) is 23.3 Å². The standard InChI is InChI=1S/C19H20N4S/c1-22-14-18(20-15-22)21-19(24)23(12-16-8-4-2-5-9-16)13-17-10-6-3-7-11-17/h2-11,14-15H,12-13H2,1H3,(H,21,24). The molecule has 5 heteroatoms. The van der Waals surface area contributed by atoms with Crippen molar-refractivity contribution in [2.45, 2.75) is 13.1 Å². The molecule has 3 rings (SSSR count). The number of imidazole rings is 1. The number of anilines is 1. The quantitative estimate of drug-likeness (QED) is 0.718. The minimum atomic E-state index is 0.668. The molecule has 0 radical (unpaired) electrons. The lowest BCUT2D eigenvalue weighted by atomic mass is 10.2. The molecule has 0 aliphatic carbocycles. The van der Waals surface area contributed by atoms with Crippen LogP contribution >= 0.6 is 12.2 Å². The molecule has 0 aliphatic rings. The van der Waals surface area contributed by atoms with Gasteiger partial charge in [-0.15, -0.1) is 0 Å². The van der Waals surface area contributed by atoms with E-state index in [9.17, 15) is 0 Å². The molecule has 0 atom stereocenters. The van der Waals surface area contributed by atoms with Gasteiger partial charge < -0.3 is 14.8 Å². The lowest BCUT2D eigenvalue weighted by molar-refractivity contribution is 0.413. The smallest absolute Gasteiger partial charge is 0.175 e. The fraction of sp³-hybridized carbons (Fsp3) is 0.158. The van der Waals surface area contributed by atoms with E-state index >= 15 is 0 Å². The number of thiocarbonyl (C=S) groups is 1. The van der Waals surface area contributed by atoms with Crippen LogP contribution in [0.25, 0.3) is 0 Å². The first-order valence-corrected chi connectivity index (χ1v) is 8.23. The van der Waals surface area contributed by atoms with Crippen LogP contribution in [0.2, 0.25) is 0 Å². The van der Waals surface area contributed by atoms with E-state index in [-0.39, 0.29) is 0 Å². The number of nitrogens with zero attached hydrogens (tertiary/aromatic N) is 3. The highest BCUT2D eigenvalue weighted by Crippen LogP contribution is 2.12. The molecular formula is C19H20N4S. The molecule has 0 spiro atoms. The molecule has 4 nitrogen and oxygen atoms in total. The van der Waals surface area contributed by atoms with Gasteiger partial charge in [0, 0.05) is 26.3 Å². The third kappa shape index (κ3) is 4.43. The maximum Gasteiger partial charge on any atom is 0.175 e. The van der Waals surface area contributed by atoms with Gasteiger partial charge in [-0.3, -0.25) is 0 Å². The number of nitrogens with one attached hydrogen (secondary N) is 1. The molecular weight excluding hydrogens is 316 g/mol. The molecule has 24 heavy (non-hydrogen) atoms. The predicted molar refractivity (Wildman–Crippen MR) is 102 cm³/mol. The van der Waals surface area contributed by atoms with E-state index in [0.717, 1.165) is 18.9 Å². The number of aryl methyl sites for hydroxylation is 1. The van der Waals surface area contributed by atoms with Crippen molar-refractivity contribution in [1.29, 1.82) is 0 Å². The topological polar surface area (TPSA) is 33.1 Å². The largest absolute Gasteiger partial charge is 0.340 e. The van der Waals surface area contributed by atoms with Crippen LogP contribution in [0.5, 0.6) is 0 Å². The Balaban J connectivity index is 1.76. The van der Waals surface area contributed by atoms with E-state index in [1.54, 1.807) is 6.33 Å². The summed E-state index contributed by atoms with van der Waals surface area (Å²) in [4.78, 5) is 6.44. The Morgan fingerprint density at radius 2 is 1.54 bits per heavy atom. The van der Waals surface area contributed by atoms with Crippen LogP contribution in [0.15, 0.2) is 73.2 Å². The second kappa shape index (κ2) is 7.75. The summed E-state index contributed by atoms with van der Waals surface area (Å²) in [7, 11) is 1.94. The Morgan fingerprint density at radius 1 is 1.00 bits per heavy atom. The van der Waals surface area contributed by atoms with Crippen molar-refractivity contribution in [3.8, 4) is 0 Å². The Kier molecular flexibility index (Phi) is 5.23. The molecule has 122 valence electrons. The van der Waals surface area contributed by atoms with Crippen molar-refractivity contribution in [3.63, 3.8) is 0 Å². The van der Waals surface area contributed by atoms with E-state index in [4.69, 9.17) is 12.2 Å². The van der Waals surface area contributed by atoms with Crippen molar-refractivity contribution in [1.82, 2.24) is 14.5 Å². The highest BCUT2D eigenvalue weighted by Gasteiger charge is 2.12. The number of rotatable bonds is 5. The number of hydrogen-bond acceptors (Lipinski definition) is 2. The normalized spacial score (nSPS) is 10.4. The Bertz CT molecular complexity index is 742. The zero-order valence-electron chi connectivity index (χ0n) is 13.6. The lowest BCUT2D eigenvalue weighted by Crippen LogP contribution is -2.33. The van der Waals surface area contributed by atoms with Crippen molar-refractivity contribution >= 4 is 23.1 Å². The first-order valence-electron chi connectivity index (χ1n) is 7.82. The molecule has 0 amide bonds. The van der Waals surface area contributed by atoms with Crippen LogP contribution in [0.3, 0.4) is 0 Å². The maximum absolute atomic E-state index is 5.63. The molecule has 2 aromatic carbocycles. The van der Waals surface area contributed by atoms with Crippen LogP contribution in [0, 0.1) is 0 Å². The number of benzene rings is 2. The molecule has 0 bridgehead atoms. The average molecular weight is 336 g/mol. The van der Waals surface area contributed by atoms with Gasteiger partial charge in [0.15, 0.2) is 5.11 Å². The van der Waals surface area contributed by atoms with E-state index in [1.165, 1.54) is 11.1 Å². The van der Waals surface area contributed by atoms with Crippen molar-refractivity contribution in [2.75, 3.05) is 5.32 Å². The summed E-state index contributed by atoms with van der Waals surface area (Å²) in [6, 6.07) is 20.7. The van der Waals surface area contributed by atoms with E-state index in [2.05, 4.69) is 39.5 Å². The lowest BCUT2D eigenvalue weighted by Gasteiger charge is -2.25. The second-order valence-corrected chi connectivity index (χ2v) is 6.07. The molecule has 0 saturated carbocycles. The first kappa shape index (κ1) is 16.2. The van der Waals surface area contributed by atoms with Gasteiger partial charge in [0.25, 0.3) is 0 Å².